The van der Waals surface area contributed by atoms with Gasteiger partial charge < -0.3 is 20.7 Å². The van der Waals surface area contributed by atoms with E-state index in [1.165, 1.54) is 41.5 Å². The van der Waals surface area contributed by atoms with Gasteiger partial charge in [-0.3, -0.25) is 9.59 Å². The minimum Gasteiger partial charge on any atom is -0.495 e. The maximum atomic E-state index is 13.5. The summed E-state index contributed by atoms with van der Waals surface area (Å²) in [6, 6.07) is 13.2. The fourth-order valence-corrected chi connectivity index (χ4v) is 5.86. The molecule has 0 spiro atoms. The number of nitriles is 1. The molecule has 1 aliphatic heterocycles. The molecule has 0 aliphatic carbocycles. The highest BCUT2D eigenvalue weighted by Gasteiger charge is 2.35. The smallest absolute Gasteiger partial charge is 0.254 e. The van der Waals surface area contributed by atoms with Gasteiger partial charge in [0.2, 0.25) is 5.91 Å². The minimum absolute atomic E-state index is 0.0836. The Morgan fingerprint density at radius 3 is 2.71 bits per heavy atom. The van der Waals surface area contributed by atoms with Crippen molar-refractivity contribution < 1.29 is 14.3 Å². The summed E-state index contributed by atoms with van der Waals surface area (Å²) in [5.41, 5.74) is 1.96. The van der Waals surface area contributed by atoms with Gasteiger partial charge in [0, 0.05) is 27.7 Å². The van der Waals surface area contributed by atoms with Crippen LogP contribution in [0.5, 0.6) is 5.75 Å². The van der Waals surface area contributed by atoms with Crippen LogP contribution in [-0.4, -0.2) is 29.7 Å². The number of thiazole rings is 1. The second kappa shape index (κ2) is 11.2. The third-order valence-electron chi connectivity index (χ3n) is 5.10. The Kier molecular flexibility index (Phi) is 7.87. The van der Waals surface area contributed by atoms with E-state index in [0.717, 1.165) is 4.88 Å². The number of nitrogens with zero attached hydrogens (tertiary/aromatic N) is 2. The van der Waals surface area contributed by atoms with Crippen molar-refractivity contribution in [1.82, 2.24) is 10.3 Å². The van der Waals surface area contributed by atoms with Crippen LogP contribution in [0, 0.1) is 11.3 Å². The van der Waals surface area contributed by atoms with Crippen molar-refractivity contribution in [3.8, 4) is 11.8 Å². The SMILES string of the molecule is COc1ccccc1NC(=O)C1=C(C)NC(SCC(=O)Nc2nccs2)=C(C#N)C1c1cccs1. The number of hydrogen-bond acceptors (Lipinski definition) is 9. The summed E-state index contributed by atoms with van der Waals surface area (Å²) < 4.78 is 5.36. The molecule has 1 atom stereocenters. The van der Waals surface area contributed by atoms with E-state index in [0.29, 0.717) is 38.4 Å². The zero-order valence-corrected chi connectivity index (χ0v) is 21.3. The number of aromatic nitrogens is 1. The molecule has 1 aromatic carbocycles. The first-order chi connectivity index (χ1) is 17.0. The maximum absolute atomic E-state index is 13.5. The third kappa shape index (κ3) is 5.57. The number of dihydropyridines is 1. The Labute approximate surface area is 214 Å². The number of amides is 2. The van der Waals surface area contributed by atoms with Crippen molar-refractivity contribution in [2.45, 2.75) is 12.8 Å². The van der Waals surface area contributed by atoms with Crippen LogP contribution in [0.25, 0.3) is 0 Å². The molecular weight excluding hydrogens is 502 g/mol. The molecule has 0 fully saturated rings. The van der Waals surface area contributed by atoms with E-state index in [2.05, 4.69) is 27.0 Å². The van der Waals surface area contributed by atoms with Crippen LogP contribution < -0.4 is 20.7 Å². The molecule has 1 aliphatic rings. The van der Waals surface area contributed by atoms with E-state index in [-0.39, 0.29) is 17.6 Å². The lowest BCUT2D eigenvalue weighted by Gasteiger charge is -2.29. The highest BCUT2D eigenvalue weighted by atomic mass is 32.2. The summed E-state index contributed by atoms with van der Waals surface area (Å²) in [4.78, 5) is 30.8. The van der Waals surface area contributed by atoms with Crippen molar-refractivity contribution in [1.29, 1.82) is 5.26 Å². The molecule has 3 aromatic rings. The highest BCUT2D eigenvalue weighted by Crippen LogP contribution is 2.42. The zero-order chi connectivity index (χ0) is 24.8. The largest absolute Gasteiger partial charge is 0.495 e. The molecule has 35 heavy (non-hydrogen) atoms. The van der Waals surface area contributed by atoms with Crippen LogP contribution in [0.1, 0.15) is 17.7 Å². The predicted octanol–water partition coefficient (Wildman–Crippen LogP) is 4.92. The number of ether oxygens (including phenoxy) is 1. The molecule has 3 heterocycles. The van der Waals surface area contributed by atoms with E-state index in [9.17, 15) is 14.9 Å². The number of methoxy groups -OCH3 is 1. The van der Waals surface area contributed by atoms with Crippen LogP contribution >= 0.6 is 34.4 Å². The molecule has 2 aromatic heterocycles. The molecule has 1 unspecified atom stereocenters. The fourth-order valence-electron chi connectivity index (χ4n) is 3.58. The van der Waals surface area contributed by atoms with Crippen LogP contribution in [0.4, 0.5) is 10.8 Å². The zero-order valence-electron chi connectivity index (χ0n) is 18.8. The van der Waals surface area contributed by atoms with Gasteiger partial charge in [-0.1, -0.05) is 30.0 Å². The molecule has 11 heteroatoms. The summed E-state index contributed by atoms with van der Waals surface area (Å²) in [5, 5.41) is 23.7. The Morgan fingerprint density at radius 1 is 1.20 bits per heavy atom. The van der Waals surface area contributed by atoms with Gasteiger partial charge in [-0.2, -0.15) is 5.26 Å². The molecular formula is C24H21N5O3S3. The number of benzene rings is 1. The third-order valence-corrected chi connectivity index (χ3v) is 7.74. The molecule has 8 nitrogen and oxygen atoms in total. The molecule has 2 amide bonds. The Balaban J connectivity index is 1.61. The van der Waals surface area contributed by atoms with Gasteiger partial charge in [-0.05, 0) is 30.5 Å². The lowest BCUT2D eigenvalue weighted by Crippen LogP contribution is -2.31. The fraction of sp³-hybridized carbons (Fsp3) is 0.167. The molecule has 0 saturated carbocycles. The monoisotopic (exact) mass is 523 g/mol. The van der Waals surface area contributed by atoms with Gasteiger partial charge in [0.1, 0.15) is 5.75 Å². The number of thiophene rings is 1. The van der Waals surface area contributed by atoms with Gasteiger partial charge in [-0.15, -0.1) is 22.7 Å². The number of para-hydroxylation sites is 2. The van der Waals surface area contributed by atoms with Gasteiger partial charge in [0.25, 0.3) is 5.91 Å². The maximum Gasteiger partial charge on any atom is 0.254 e. The average molecular weight is 524 g/mol. The number of allylic oxidation sites excluding steroid dienone is 2. The number of anilines is 2. The van der Waals surface area contributed by atoms with Crippen molar-refractivity contribution in [3.05, 3.63) is 80.1 Å². The summed E-state index contributed by atoms with van der Waals surface area (Å²) in [7, 11) is 1.54. The summed E-state index contributed by atoms with van der Waals surface area (Å²) in [6.45, 7) is 1.79. The second-order valence-corrected chi connectivity index (χ2v) is 10.2. The first kappa shape index (κ1) is 24.5. The van der Waals surface area contributed by atoms with Crippen molar-refractivity contribution in [2.75, 3.05) is 23.5 Å². The van der Waals surface area contributed by atoms with Crippen molar-refractivity contribution in [3.63, 3.8) is 0 Å². The van der Waals surface area contributed by atoms with Gasteiger partial charge >= 0.3 is 0 Å². The highest BCUT2D eigenvalue weighted by molar-refractivity contribution is 8.03. The molecule has 0 radical (unpaired) electrons. The van der Waals surface area contributed by atoms with Gasteiger partial charge in [0.15, 0.2) is 5.13 Å². The number of hydrogen-bond donors (Lipinski definition) is 3. The quantitative estimate of drug-likeness (QED) is 0.384. The number of thioether (sulfide) groups is 1. The molecule has 4 rings (SSSR count). The average Bonchev–Trinajstić information content (AvgIpc) is 3.57. The van der Waals surface area contributed by atoms with Crippen molar-refractivity contribution in [2.24, 2.45) is 0 Å². The summed E-state index contributed by atoms with van der Waals surface area (Å²) in [6.07, 6.45) is 1.61. The van der Waals surface area contributed by atoms with Crippen molar-refractivity contribution >= 4 is 57.1 Å². The van der Waals surface area contributed by atoms with Crippen LogP contribution in [-0.2, 0) is 9.59 Å². The standard InChI is InChI=1S/C24H21N5O3S3/c1-14-20(22(31)28-16-6-3-4-7-17(16)32-2)21(18-8-5-10-33-18)15(12-25)23(27-14)35-13-19(30)29-24-26-9-11-34-24/h3-11,21,27H,13H2,1-2H3,(H,28,31)(H,26,29,30). The number of rotatable bonds is 8. The normalized spacial score (nSPS) is 15.3. The number of carbonyl (C=O) groups is 2. The number of carbonyl (C=O) groups excluding carboxylic acids is 2. The Hall–Kier alpha value is -3.59. The lowest BCUT2D eigenvalue weighted by molar-refractivity contribution is -0.114. The summed E-state index contributed by atoms with van der Waals surface area (Å²) >= 11 is 4.02. The van der Waals surface area contributed by atoms with Crippen LogP contribution in [0.15, 0.2) is 75.2 Å². The molecule has 178 valence electrons. The Bertz CT molecular complexity index is 1320. The molecule has 0 bridgehead atoms. The Morgan fingerprint density at radius 2 is 2.03 bits per heavy atom. The predicted molar refractivity (Wildman–Crippen MR) is 140 cm³/mol. The minimum atomic E-state index is -0.569. The van der Waals surface area contributed by atoms with Crippen LogP contribution in [0.3, 0.4) is 0 Å². The molecule has 0 saturated heterocycles. The van der Waals surface area contributed by atoms with E-state index >= 15 is 0 Å². The molecule has 3 N–H and O–H groups in total. The lowest BCUT2D eigenvalue weighted by atomic mass is 9.86. The van der Waals surface area contributed by atoms with Crippen LogP contribution in [0.2, 0.25) is 0 Å². The topological polar surface area (TPSA) is 116 Å². The van der Waals surface area contributed by atoms with E-state index in [1.807, 2.05) is 23.6 Å². The first-order valence-electron chi connectivity index (χ1n) is 10.4. The van der Waals surface area contributed by atoms with E-state index in [1.54, 1.807) is 36.7 Å². The van der Waals surface area contributed by atoms with E-state index in [4.69, 9.17) is 4.74 Å². The second-order valence-electron chi connectivity index (χ2n) is 7.30. The number of nitrogens with one attached hydrogen (secondary N) is 3. The van der Waals surface area contributed by atoms with Gasteiger partial charge in [0.05, 0.1) is 41.1 Å². The summed E-state index contributed by atoms with van der Waals surface area (Å²) in [5.74, 6) is -0.517. The van der Waals surface area contributed by atoms with Gasteiger partial charge in [-0.25, -0.2) is 4.98 Å². The van der Waals surface area contributed by atoms with E-state index < -0.39 is 5.92 Å². The first-order valence-corrected chi connectivity index (χ1v) is 13.2.